The average Bonchev–Trinajstić information content (AvgIpc) is 3.39. The topological polar surface area (TPSA) is 73.8 Å². The average molecular weight is 344 g/mol. The molecule has 0 radical (unpaired) electrons. The predicted molar refractivity (Wildman–Crippen MR) is 95.8 cm³/mol. The van der Waals surface area contributed by atoms with Gasteiger partial charge in [0, 0.05) is 10.9 Å². The van der Waals surface area contributed by atoms with Crippen molar-refractivity contribution in [2.45, 2.75) is 25.8 Å². The van der Waals surface area contributed by atoms with Crippen LogP contribution in [0.2, 0.25) is 0 Å². The lowest BCUT2D eigenvalue weighted by Gasteiger charge is -2.03. The van der Waals surface area contributed by atoms with Crippen molar-refractivity contribution in [3.8, 4) is 11.6 Å². The first-order valence-corrected chi connectivity index (χ1v) is 8.68. The fraction of sp³-hybridized carbons (Fsp3) is 0.200. The third-order valence-electron chi connectivity index (χ3n) is 4.80. The summed E-state index contributed by atoms with van der Waals surface area (Å²) in [5, 5.41) is 13.3. The lowest BCUT2D eigenvalue weighted by molar-refractivity contribution is 0.0961. The van der Waals surface area contributed by atoms with Gasteiger partial charge in [-0.1, -0.05) is 30.3 Å². The molecule has 0 N–H and O–H groups in total. The van der Waals surface area contributed by atoms with E-state index in [2.05, 4.69) is 21.5 Å². The molecule has 5 rings (SSSR count). The molecule has 1 aliphatic carbocycles. The lowest BCUT2D eigenvalue weighted by Crippen LogP contribution is -2.13. The van der Waals surface area contributed by atoms with E-state index in [4.69, 9.17) is 4.42 Å². The Morgan fingerprint density at radius 1 is 1.08 bits per heavy atom. The first-order valence-electron chi connectivity index (χ1n) is 8.68. The summed E-state index contributed by atoms with van der Waals surface area (Å²) in [4.78, 5) is 13.9. The number of para-hydroxylation sites is 1. The van der Waals surface area contributed by atoms with Crippen molar-refractivity contribution in [2.75, 3.05) is 0 Å². The van der Waals surface area contributed by atoms with Gasteiger partial charge in [0.25, 0.3) is 0 Å². The Bertz CT molecular complexity index is 1090. The number of furan rings is 1. The third-order valence-corrected chi connectivity index (χ3v) is 4.80. The fourth-order valence-corrected chi connectivity index (χ4v) is 3.47. The fourth-order valence-electron chi connectivity index (χ4n) is 3.47. The molecule has 0 atom stereocenters. The molecule has 2 aromatic heterocycles. The maximum Gasteiger partial charge on any atom is 0.240 e. The van der Waals surface area contributed by atoms with E-state index in [1.165, 1.54) is 22.3 Å². The van der Waals surface area contributed by atoms with E-state index in [9.17, 15) is 4.79 Å². The van der Waals surface area contributed by atoms with Crippen LogP contribution in [-0.4, -0.2) is 26.0 Å². The van der Waals surface area contributed by atoms with Gasteiger partial charge in [0.1, 0.15) is 12.1 Å². The smallest absolute Gasteiger partial charge is 0.240 e. The van der Waals surface area contributed by atoms with Crippen LogP contribution in [0.15, 0.2) is 52.9 Å². The number of ketones is 1. The Morgan fingerprint density at radius 2 is 1.96 bits per heavy atom. The summed E-state index contributed by atoms with van der Waals surface area (Å²) in [6.45, 7) is 0.0615. The van der Waals surface area contributed by atoms with Crippen molar-refractivity contribution in [3.63, 3.8) is 0 Å². The number of tetrazole rings is 1. The van der Waals surface area contributed by atoms with Crippen LogP contribution in [0.5, 0.6) is 0 Å². The van der Waals surface area contributed by atoms with Crippen molar-refractivity contribution < 1.29 is 9.21 Å². The first-order chi connectivity index (χ1) is 12.8. The van der Waals surface area contributed by atoms with Crippen LogP contribution in [0.3, 0.4) is 0 Å². The zero-order valence-corrected chi connectivity index (χ0v) is 14.1. The minimum atomic E-state index is -0.0201. The summed E-state index contributed by atoms with van der Waals surface area (Å²) in [5.41, 5.74) is 4.11. The van der Waals surface area contributed by atoms with Crippen LogP contribution in [0.25, 0.3) is 22.6 Å². The second-order valence-electron chi connectivity index (χ2n) is 6.55. The largest absolute Gasteiger partial charge is 0.453 e. The zero-order chi connectivity index (χ0) is 17.5. The normalized spacial score (nSPS) is 13.2. The molecule has 0 bridgehead atoms. The SMILES string of the molecule is O=C(Cn1nnc(-c2cc3ccccc3o2)n1)c1ccc2c(c1)CCC2. The molecule has 26 heavy (non-hydrogen) atoms. The van der Waals surface area contributed by atoms with E-state index < -0.39 is 0 Å². The summed E-state index contributed by atoms with van der Waals surface area (Å²) >= 11 is 0. The van der Waals surface area contributed by atoms with E-state index >= 15 is 0 Å². The standard InChI is InChI=1S/C20H16N4O2/c25-17(15-9-8-13-5-3-6-14(13)10-15)12-24-22-20(21-23-24)19-11-16-4-1-2-7-18(16)26-19/h1-2,4,7-11H,3,5-6,12H2. The molecule has 0 amide bonds. The molecule has 0 saturated carbocycles. The van der Waals surface area contributed by atoms with E-state index in [0.29, 0.717) is 17.1 Å². The van der Waals surface area contributed by atoms with E-state index in [1.54, 1.807) is 0 Å². The first kappa shape index (κ1) is 15.0. The molecule has 0 saturated heterocycles. The van der Waals surface area contributed by atoms with Gasteiger partial charge in [0.15, 0.2) is 11.5 Å². The molecule has 2 heterocycles. The highest BCUT2D eigenvalue weighted by molar-refractivity contribution is 5.96. The van der Waals surface area contributed by atoms with Crippen LogP contribution in [0.1, 0.15) is 27.9 Å². The van der Waals surface area contributed by atoms with E-state index in [1.807, 2.05) is 42.5 Å². The second kappa shape index (κ2) is 5.91. The van der Waals surface area contributed by atoms with E-state index in [0.717, 1.165) is 23.8 Å². The number of nitrogens with zero attached hydrogens (tertiary/aromatic N) is 4. The van der Waals surface area contributed by atoms with Crippen LogP contribution in [0.4, 0.5) is 0 Å². The molecule has 0 fully saturated rings. The van der Waals surface area contributed by atoms with Crippen LogP contribution >= 0.6 is 0 Å². The van der Waals surface area contributed by atoms with Crippen LogP contribution < -0.4 is 0 Å². The number of aryl methyl sites for hydroxylation is 2. The monoisotopic (exact) mass is 344 g/mol. The van der Waals surface area contributed by atoms with Gasteiger partial charge in [-0.2, -0.15) is 4.80 Å². The van der Waals surface area contributed by atoms with Crippen LogP contribution in [-0.2, 0) is 19.4 Å². The summed E-state index contributed by atoms with van der Waals surface area (Å²) in [6, 6.07) is 15.5. The van der Waals surface area contributed by atoms with Crippen molar-refractivity contribution in [2.24, 2.45) is 0 Å². The highest BCUT2D eigenvalue weighted by atomic mass is 16.3. The van der Waals surface area contributed by atoms with Gasteiger partial charge in [-0.15, -0.1) is 10.2 Å². The number of Topliss-reactive ketones (excluding diaryl/α,β-unsaturated/α-hetero) is 1. The minimum Gasteiger partial charge on any atom is -0.453 e. The molecule has 0 aliphatic heterocycles. The number of benzene rings is 2. The maximum absolute atomic E-state index is 12.5. The van der Waals surface area contributed by atoms with Crippen molar-refractivity contribution in [1.82, 2.24) is 20.2 Å². The number of carbonyl (C=O) groups excluding carboxylic acids is 1. The number of carbonyl (C=O) groups is 1. The number of rotatable bonds is 4. The second-order valence-corrected chi connectivity index (χ2v) is 6.55. The molecule has 1 aliphatic rings. The minimum absolute atomic E-state index is 0.0201. The molecular formula is C20H16N4O2. The van der Waals surface area contributed by atoms with Gasteiger partial charge < -0.3 is 4.42 Å². The van der Waals surface area contributed by atoms with Gasteiger partial charge in [-0.25, -0.2) is 0 Å². The van der Waals surface area contributed by atoms with Crippen molar-refractivity contribution in [3.05, 3.63) is 65.2 Å². The molecule has 0 spiro atoms. The summed E-state index contributed by atoms with van der Waals surface area (Å²) in [5.74, 6) is 0.902. The zero-order valence-electron chi connectivity index (χ0n) is 14.1. The Kier molecular flexibility index (Phi) is 3.41. The number of hydrogen-bond donors (Lipinski definition) is 0. The van der Waals surface area contributed by atoms with Gasteiger partial charge in [0.05, 0.1) is 0 Å². The van der Waals surface area contributed by atoms with Crippen LogP contribution in [0, 0.1) is 0 Å². The predicted octanol–water partition coefficient (Wildman–Crippen LogP) is 3.46. The Balaban J connectivity index is 1.37. The number of hydrogen-bond acceptors (Lipinski definition) is 5. The summed E-state index contributed by atoms with van der Waals surface area (Å²) < 4.78 is 5.74. The van der Waals surface area contributed by atoms with Gasteiger partial charge >= 0.3 is 0 Å². The molecule has 6 heteroatoms. The lowest BCUT2D eigenvalue weighted by atomic mass is 10.0. The van der Waals surface area contributed by atoms with Gasteiger partial charge in [0.2, 0.25) is 5.82 Å². The Morgan fingerprint density at radius 3 is 2.88 bits per heavy atom. The highest BCUT2D eigenvalue weighted by Crippen LogP contribution is 2.25. The number of fused-ring (bicyclic) bond motifs is 2. The third kappa shape index (κ3) is 2.60. The van der Waals surface area contributed by atoms with Gasteiger partial charge in [-0.05, 0) is 53.8 Å². The molecule has 2 aromatic carbocycles. The quantitative estimate of drug-likeness (QED) is 0.530. The molecule has 4 aromatic rings. The summed E-state index contributed by atoms with van der Waals surface area (Å²) in [7, 11) is 0. The maximum atomic E-state index is 12.5. The number of aromatic nitrogens is 4. The molecule has 128 valence electrons. The molecular weight excluding hydrogens is 328 g/mol. The highest BCUT2D eigenvalue weighted by Gasteiger charge is 2.16. The Labute approximate surface area is 149 Å². The molecule has 0 unspecified atom stereocenters. The molecule has 6 nitrogen and oxygen atoms in total. The van der Waals surface area contributed by atoms with Crippen molar-refractivity contribution in [1.29, 1.82) is 0 Å². The van der Waals surface area contributed by atoms with E-state index in [-0.39, 0.29) is 12.3 Å². The van der Waals surface area contributed by atoms with Gasteiger partial charge in [-0.3, -0.25) is 4.79 Å². The van der Waals surface area contributed by atoms with Crippen molar-refractivity contribution >= 4 is 16.8 Å². The Hall–Kier alpha value is -3.28. The summed E-state index contributed by atoms with van der Waals surface area (Å²) in [6.07, 6.45) is 3.32.